The molecule has 0 saturated heterocycles. The van der Waals surface area contributed by atoms with E-state index in [1.165, 1.54) is 18.2 Å². The molecule has 3 aromatic carbocycles. The van der Waals surface area contributed by atoms with E-state index in [1.54, 1.807) is 35.6 Å². The summed E-state index contributed by atoms with van der Waals surface area (Å²) in [4.78, 5) is 16.8. The van der Waals surface area contributed by atoms with Crippen LogP contribution in [0.5, 0.6) is 5.75 Å². The van der Waals surface area contributed by atoms with Crippen molar-refractivity contribution < 1.29 is 13.9 Å². The molecule has 4 rings (SSSR count). The van der Waals surface area contributed by atoms with E-state index in [9.17, 15) is 9.18 Å². The number of fused-ring (bicyclic) bond motifs is 1. The van der Waals surface area contributed by atoms with Gasteiger partial charge in [0.15, 0.2) is 0 Å². The van der Waals surface area contributed by atoms with Gasteiger partial charge in [-0.05, 0) is 48.0 Å². The van der Waals surface area contributed by atoms with E-state index in [-0.39, 0.29) is 5.82 Å². The Hall–Kier alpha value is -3.31. The molecule has 132 valence electrons. The van der Waals surface area contributed by atoms with Gasteiger partial charge in [-0.1, -0.05) is 36.4 Å². The van der Waals surface area contributed by atoms with Gasteiger partial charge in [-0.2, -0.15) is 0 Å². The Morgan fingerprint density at radius 3 is 2.52 bits per heavy atom. The maximum atomic E-state index is 12.9. The number of hydrogen-bond acceptors (Lipinski definition) is 4. The highest BCUT2D eigenvalue weighted by Gasteiger charge is 2.13. The number of aromatic nitrogens is 1. The molecule has 0 saturated carbocycles. The Bertz CT molecular complexity index is 1100. The van der Waals surface area contributed by atoms with Crippen LogP contribution in [-0.2, 0) is 4.79 Å². The average Bonchev–Trinajstić information content (AvgIpc) is 3.12. The third-order valence-electron chi connectivity index (χ3n) is 3.90. The van der Waals surface area contributed by atoms with E-state index < -0.39 is 5.97 Å². The van der Waals surface area contributed by atoms with Gasteiger partial charge in [0.05, 0.1) is 15.8 Å². The fourth-order valence-corrected chi connectivity index (χ4v) is 3.60. The Morgan fingerprint density at radius 1 is 0.963 bits per heavy atom. The van der Waals surface area contributed by atoms with E-state index in [4.69, 9.17) is 4.74 Å². The molecule has 5 heteroatoms. The molecule has 27 heavy (non-hydrogen) atoms. The van der Waals surface area contributed by atoms with Crippen molar-refractivity contribution in [2.75, 3.05) is 0 Å². The van der Waals surface area contributed by atoms with Gasteiger partial charge in [-0.15, -0.1) is 11.3 Å². The first-order chi connectivity index (χ1) is 13.2. The molecule has 0 fully saturated rings. The second kappa shape index (κ2) is 7.51. The van der Waals surface area contributed by atoms with Gasteiger partial charge in [0.1, 0.15) is 16.6 Å². The van der Waals surface area contributed by atoms with Crippen LogP contribution in [0.15, 0.2) is 78.9 Å². The maximum absolute atomic E-state index is 12.9. The summed E-state index contributed by atoms with van der Waals surface area (Å²) >= 11 is 1.55. The molecule has 0 N–H and O–H groups in total. The van der Waals surface area contributed by atoms with Crippen LogP contribution in [0.1, 0.15) is 5.56 Å². The molecule has 0 unspecified atom stereocenters. The van der Waals surface area contributed by atoms with Crippen LogP contribution in [-0.4, -0.2) is 11.0 Å². The van der Waals surface area contributed by atoms with Crippen LogP contribution >= 0.6 is 11.3 Å². The monoisotopic (exact) mass is 375 g/mol. The summed E-state index contributed by atoms with van der Waals surface area (Å²) in [5, 5.41) is 0.794. The van der Waals surface area contributed by atoms with Gasteiger partial charge >= 0.3 is 5.97 Å². The molecule has 0 radical (unpaired) electrons. The summed E-state index contributed by atoms with van der Waals surface area (Å²) < 4.78 is 19.5. The minimum Gasteiger partial charge on any atom is -0.423 e. The number of rotatable bonds is 4. The summed E-state index contributed by atoms with van der Waals surface area (Å²) in [5.74, 6) is -0.377. The summed E-state index contributed by atoms with van der Waals surface area (Å²) in [6, 6.07) is 21.1. The summed E-state index contributed by atoms with van der Waals surface area (Å²) in [5.41, 5.74) is 2.39. The number of hydrogen-bond donors (Lipinski definition) is 0. The molecule has 0 bridgehead atoms. The zero-order valence-corrected chi connectivity index (χ0v) is 14.9. The second-order valence-corrected chi connectivity index (χ2v) is 6.82. The zero-order chi connectivity index (χ0) is 18.6. The van der Waals surface area contributed by atoms with E-state index in [0.29, 0.717) is 11.3 Å². The first-order valence-corrected chi connectivity index (χ1v) is 9.11. The summed E-state index contributed by atoms with van der Waals surface area (Å²) in [7, 11) is 0. The van der Waals surface area contributed by atoms with Crippen LogP contribution in [0, 0.1) is 5.82 Å². The molecule has 0 amide bonds. The number of nitrogens with zero attached hydrogens (tertiary/aromatic N) is 1. The van der Waals surface area contributed by atoms with E-state index in [0.717, 1.165) is 20.8 Å². The highest BCUT2D eigenvalue weighted by Crippen LogP contribution is 2.35. The van der Waals surface area contributed by atoms with E-state index >= 15 is 0 Å². The Morgan fingerprint density at radius 2 is 1.70 bits per heavy atom. The van der Waals surface area contributed by atoms with Gasteiger partial charge in [-0.3, -0.25) is 0 Å². The molecule has 3 nitrogen and oxygen atoms in total. The van der Waals surface area contributed by atoms with Crippen molar-refractivity contribution in [3.63, 3.8) is 0 Å². The topological polar surface area (TPSA) is 39.2 Å². The summed E-state index contributed by atoms with van der Waals surface area (Å²) in [6.45, 7) is 0. The van der Waals surface area contributed by atoms with Gasteiger partial charge in [-0.25, -0.2) is 14.2 Å². The smallest absolute Gasteiger partial charge is 0.336 e. The average molecular weight is 375 g/mol. The van der Waals surface area contributed by atoms with Gasteiger partial charge in [0, 0.05) is 6.08 Å². The fraction of sp³-hybridized carbons (Fsp3) is 0. The van der Waals surface area contributed by atoms with Crippen molar-refractivity contribution in [3.05, 3.63) is 90.3 Å². The number of carbonyl (C=O) groups is 1. The fourth-order valence-electron chi connectivity index (χ4n) is 2.60. The lowest BCUT2D eigenvalue weighted by molar-refractivity contribution is -0.128. The maximum Gasteiger partial charge on any atom is 0.336 e. The molecule has 0 atom stereocenters. The SMILES string of the molecule is O=C(/C=C/c1ccc(F)cc1)Oc1ccccc1-c1nc2ccccc2s1. The van der Waals surface area contributed by atoms with Gasteiger partial charge in [0.25, 0.3) is 0 Å². The lowest BCUT2D eigenvalue weighted by Gasteiger charge is -2.06. The van der Waals surface area contributed by atoms with Crippen LogP contribution in [0.4, 0.5) is 4.39 Å². The predicted octanol–water partition coefficient (Wildman–Crippen LogP) is 5.72. The molecular formula is C22H14FNO2S. The first-order valence-electron chi connectivity index (χ1n) is 8.29. The number of thiazole rings is 1. The van der Waals surface area contributed by atoms with Crippen molar-refractivity contribution in [2.45, 2.75) is 0 Å². The van der Waals surface area contributed by atoms with Crippen molar-refractivity contribution in [2.24, 2.45) is 0 Å². The standard InChI is InChI=1S/C22H14FNO2S/c23-16-12-9-15(10-13-16)11-14-21(25)26-19-7-3-1-5-17(19)22-24-18-6-2-4-8-20(18)27-22/h1-14H/b14-11+. The molecule has 1 aromatic heterocycles. The Labute approximate surface area is 159 Å². The van der Waals surface area contributed by atoms with Gasteiger partial charge in [0.2, 0.25) is 0 Å². The van der Waals surface area contributed by atoms with Crippen molar-refractivity contribution in [1.82, 2.24) is 4.98 Å². The summed E-state index contributed by atoms with van der Waals surface area (Å²) in [6.07, 6.45) is 2.91. The molecule has 0 aliphatic heterocycles. The van der Waals surface area contributed by atoms with E-state index in [1.807, 2.05) is 42.5 Å². The van der Waals surface area contributed by atoms with Gasteiger partial charge < -0.3 is 4.74 Å². The molecule has 0 aliphatic rings. The lowest BCUT2D eigenvalue weighted by Crippen LogP contribution is -2.04. The largest absolute Gasteiger partial charge is 0.423 e. The Balaban J connectivity index is 1.57. The third kappa shape index (κ3) is 3.93. The lowest BCUT2D eigenvalue weighted by atomic mass is 10.2. The normalized spacial score (nSPS) is 11.1. The Kier molecular flexibility index (Phi) is 4.77. The number of benzene rings is 3. The van der Waals surface area contributed by atoms with Crippen molar-refractivity contribution in [3.8, 4) is 16.3 Å². The van der Waals surface area contributed by atoms with Crippen molar-refractivity contribution >= 4 is 33.6 Å². The van der Waals surface area contributed by atoms with Crippen molar-refractivity contribution in [1.29, 1.82) is 0 Å². The molecular weight excluding hydrogens is 361 g/mol. The number of esters is 1. The number of carbonyl (C=O) groups excluding carboxylic acids is 1. The van der Waals surface area contributed by atoms with Crippen LogP contribution in [0.3, 0.4) is 0 Å². The van der Waals surface area contributed by atoms with Crippen LogP contribution in [0.2, 0.25) is 0 Å². The highest BCUT2D eigenvalue weighted by atomic mass is 32.1. The van der Waals surface area contributed by atoms with Crippen LogP contribution < -0.4 is 4.74 Å². The third-order valence-corrected chi connectivity index (χ3v) is 4.97. The number of ether oxygens (including phenoxy) is 1. The number of para-hydroxylation sites is 2. The molecule has 0 aliphatic carbocycles. The minimum atomic E-state index is -0.507. The predicted molar refractivity (Wildman–Crippen MR) is 106 cm³/mol. The number of halogens is 1. The second-order valence-electron chi connectivity index (χ2n) is 5.79. The first kappa shape index (κ1) is 17.1. The molecule has 1 heterocycles. The molecule has 4 aromatic rings. The zero-order valence-electron chi connectivity index (χ0n) is 14.1. The highest BCUT2D eigenvalue weighted by molar-refractivity contribution is 7.21. The molecule has 0 spiro atoms. The van der Waals surface area contributed by atoms with E-state index in [2.05, 4.69) is 4.98 Å². The quantitative estimate of drug-likeness (QED) is 0.260. The van der Waals surface area contributed by atoms with Crippen LogP contribution in [0.25, 0.3) is 26.9 Å². The minimum absolute atomic E-state index is 0.320.